The molecule has 2 aliphatic rings. The summed E-state index contributed by atoms with van der Waals surface area (Å²) < 4.78 is 5.44. The Balaban J connectivity index is 1.59. The van der Waals surface area contributed by atoms with E-state index in [9.17, 15) is 19.2 Å². The fraction of sp³-hybridized carbons (Fsp3) is 0.296. The number of hydrogen-bond donors (Lipinski definition) is 1. The van der Waals surface area contributed by atoms with Crippen LogP contribution in [0.4, 0.5) is 0 Å². The van der Waals surface area contributed by atoms with E-state index in [1.165, 1.54) is 18.1 Å². The molecule has 1 saturated heterocycles. The molecule has 1 N–H and O–H groups in total. The molecule has 2 aromatic rings. The third-order valence-corrected chi connectivity index (χ3v) is 6.57. The van der Waals surface area contributed by atoms with Gasteiger partial charge in [-0.05, 0) is 54.5 Å². The average molecular weight is 506 g/mol. The van der Waals surface area contributed by atoms with Crippen LogP contribution in [0.3, 0.4) is 0 Å². The lowest BCUT2D eigenvalue weighted by Gasteiger charge is -2.29. The fourth-order valence-electron chi connectivity index (χ4n) is 4.33. The van der Waals surface area contributed by atoms with Gasteiger partial charge in [0.1, 0.15) is 11.3 Å². The second-order valence-corrected chi connectivity index (χ2v) is 9.03. The number of fused-ring (bicyclic) bond motifs is 1. The number of unbranched alkanes of at least 4 members (excludes halogenated alkanes) is 3. The Morgan fingerprint density at radius 2 is 1.61 bits per heavy atom. The van der Waals surface area contributed by atoms with Gasteiger partial charge < -0.3 is 4.74 Å². The van der Waals surface area contributed by atoms with Gasteiger partial charge in [-0.25, -0.2) is 0 Å². The van der Waals surface area contributed by atoms with E-state index >= 15 is 0 Å². The Labute approximate surface area is 214 Å². The molecule has 36 heavy (non-hydrogen) atoms. The topological polar surface area (TPSA) is 96.0 Å². The van der Waals surface area contributed by atoms with Gasteiger partial charge in [-0.3, -0.25) is 34.3 Å². The lowest BCUT2D eigenvalue weighted by atomic mass is 10.0. The lowest BCUT2D eigenvalue weighted by molar-refractivity contribution is -0.128. The number of rotatable bonds is 9. The summed E-state index contributed by atoms with van der Waals surface area (Å²) in [5, 5.41) is 2.71. The number of benzene rings is 2. The van der Waals surface area contributed by atoms with Gasteiger partial charge in [0.15, 0.2) is 5.11 Å². The normalized spacial score (nSPS) is 16.6. The van der Waals surface area contributed by atoms with Crippen LogP contribution in [-0.4, -0.2) is 52.2 Å². The molecule has 0 aliphatic carbocycles. The molecule has 4 rings (SSSR count). The summed E-state index contributed by atoms with van der Waals surface area (Å²) >= 11 is 5.22. The summed E-state index contributed by atoms with van der Waals surface area (Å²) in [6, 6.07) is 11.8. The first-order valence-electron chi connectivity index (χ1n) is 11.9. The molecule has 0 saturated carbocycles. The zero-order valence-electron chi connectivity index (χ0n) is 20.2. The molecule has 2 heterocycles. The van der Waals surface area contributed by atoms with Crippen molar-refractivity contribution in [3.05, 3.63) is 70.3 Å². The highest BCUT2D eigenvalue weighted by Gasteiger charge is 2.36. The SMILES string of the molecule is CCCCCCN1C(=O)/C(=C\c2ccc(OC)c(CN3C(=O)c4ccccc4C3=O)c2)C(=O)NC1=S. The highest BCUT2D eigenvalue weighted by molar-refractivity contribution is 7.80. The minimum absolute atomic E-state index is 0.0136. The largest absolute Gasteiger partial charge is 0.496 e. The van der Waals surface area contributed by atoms with E-state index in [0.717, 1.165) is 30.6 Å². The summed E-state index contributed by atoms with van der Waals surface area (Å²) in [6.07, 6.45) is 5.38. The van der Waals surface area contributed by atoms with Crippen LogP contribution in [0.2, 0.25) is 0 Å². The Hall–Kier alpha value is -3.85. The monoisotopic (exact) mass is 505 g/mol. The molecule has 0 bridgehead atoms. The number of thiocarbonyl (C=S) groups is 1. The van der Waals surface area contributed by atoms with E-state index in [-0.39, 0.29) is 29.0 Å². The number of carbonyl (C=O) groups is 4. The van der Waals surface area contributed by atoms with E-state index in [1.807, 2.05) is 0 Å². The molecule has 2 aromatic carbocycles. The molecule has 0 aromatic heterocycles. The molecule has 0 unspecified atom stereocenters. The number of methoxy groups -OCH3 is 1. The van der Waals surface area contributed by atoms with Crippen molar-refractivity contribution in [2.75, 3.05) is 13.7 Å². The number of carbonyl (C=O) groups excluding carboxylic acids is 4. The Bertz CT molecular complexity index is 1250. The Morgan fingerprint density at radius 1 is 0.917 bits per heavy atom. The predicted molar refractivity (Wildman–Crippen MR) is 138 cm³/mol. The minimum Gasteiger partial charge on any atom is -0.496 e. The molecule has 0 radical (unpaired) electrons. The van der Waals surface area contributed by atoms with Crippen molar-refractivity contribution in [1.82, 2.24) is 15.1 Å². The van der Waals surface area contributed by atoms with Gasteiger partial charge in [0.25, 0.3) is 23.6 Å². The number of imide groups is 1. The van der Waals surface area contributed by atoms with Gasteiger partial charge >= 0.3 is 0 Å². The van der Waals surface area contributed by atoms with Crippen molar-refractivity contribution in [2.24, 2.45) is 0 Å². The summed E-state index contributed by atoms with van der Waals surface area (Å²) in [5.41, 5.74) is 1.81. The van der Waals surface area contributed by atoms with Gasteiger partial charge in [-0.1, -0.05) is 44.4 Å². The van der Waals surface area contributed by atoms with Gasteiger partial charge in [0.2, 0.25) is 0 Å². The molecule has 8 nitrogen and oxygen atoms in total. The number of ether oxygens (including phenoxy) is 1. The standard InChI is InChI=1S/C27H27N3O5S/c1-3-4-5-8-13-29-26(34)21(23(31)28-27(29)36)15-17-11-12-22(35-2)18(14-17)16-30-24(32)19-9-6-7-10-20(19)25(30)33/h6-7,9-12,14-15H,3-5,8,13,16H2,1-2H3,(H,28,31,36)/b21-15-. The minimum atomic E-state index is -0.562. The lowest BCUT2D eigenvalue weighted by Crippen LogP contribution is -2.54. The third kappa shape index (κ3) is 4.92. The van der Waals surface area contributed by atoms with Crippen LogP contribution in [0.15, 0.2) is 48.0 Å². The van der Waals surface area contributed by atoms with Crippen molar-refractivity contribution >= 4 is 47.0 Å². The summed E-state index contributed by atoms with van der Waals surface area (Å²) in [6.45, 7) is 2.53. The van der Waals surface area contributed by atoms with Crippen molar-refractivity contribution in [1.29, 1.82) is 0 Å². The first-order chi connectivity index (χ1) is 17.3. The van der Waals surface area contributed by atoms with E-state index in [2.05, 4.69) is 12.2 Å². The molecule has 1 fully saturated rings. The Kier molecular flexibility index (Phi) is 7.59. The van der Waals surface area contributed by atoms with E-state index in [4.69, 9.17) is 17.0 Å². The van der Waals surface area contributed by atoms with E-state index in [0.29, 0.717) is 34.5 Å². The highest BCUT2D eigenvalue weighted by atomic mass is 32.1. The molecule has 9 heteroatoms. The van der Waals surface area contributed by atoms with Gasteiger partial charge in [0, 0.05) is 12.1 Å². The second-order valence-electron chi connectivity index (χ2n) is 8.65. The summed E-state index contributed by atoms with van der Waals surface area (Å²) in [7, 11) is 1.49. The summed E-state index contributed by atoms with van der Waals surface area (Å²) in [4.78, 5) is 53.9. The van der Waals surface area contributed by atoms with Crippen molar-refractivity contribution in [2.45, 2.75) is 39.2 Å². The molecule has 186 valence electrons. The van der Waals surface area contributed by atoms with Gasteiger partial charge in [0.05, 0.1) is 24.8 Å². The molecule has 4 amide bonds. The van der Waals surface area contributed by atoms with Crippen molar-refractivity contribution in [3.8, 4) is 5.75 Å². The van der Waals surface area contributed by atoms with Gasteiger partial charge in [-0.2, -0.15) is 0 Å². The maximum Gasteiger partial charge on any atom is 0.265 e. The van der Waals surface area contributed by atoms with Crippen LogP contribution in [0.1, 0.15) is 64.4 Å². The van der Waals surface area contributed by atoms with Gasteiger partial charge in [-0.15, -0.1) is 0 Å². The number of hydrogen-bond acceptors (Lipinski definition) is 6. The molecule has 0 spiro atoms. The highest BCUT2D eigenvalue weighted by Crippen LogP contribution is 2.29. The number of nitrogens with one attached hydrogen (secondary N) is 1. The van der Waals surface area contributed by atoms with Crippen molar-refractivity contribution in [3.63, 3.8) is 0 Å². The van der Waals surface area contributed by atoms with Crippen LogP contribution in [0, 0.1) is 0 Å². The second kappa shape index (κ2) is 10.8. The molecular formula is C27H27N3O5S. The van der Waals surface area contributed by atoms with Crippen LogP contribution < -0.4 is 10.1 Å². The van der Waals surface area contributed by atoms with Crippen molar-refractivity contribution < 1.29 is 23.9 Å². The van der Waals surface area contributed by atoms with E-state index in [1.54, 1.807) is 42.5 Å². The quantitative estimate of drug-likeness (QED) is 0.184. The Morgan fingerprint density at radius 3 is 2.25 bits per heavy atom. The zero-order chi connectivity index (χ0) is 25.8. The molecule has 2 aliphatic heterocycles. The smallest absolute Gasteiger partial charge is 0.265 e. The maximum atomic E-state index is 13.1. The first-order valence-corrected chi connectivity index (χ1v) is 12.3. The average Bonchev–Trinajstić information content (AvgIpc) is 3.11. The summed E-state index contributed by atoms with van der Waals surface area (Å²) in [5.74, 6) is -1.29. The first kappa shape index (κ1) is 25.2. The fourth-order valence-corrected chi connectivity index (χ4v) is 4.59. The van der Waals surface area contributed by atoms with Crippen LogP contribution in [0.5, 0.6) is 5.75 Å². The zero-order valence-corrected chi connectivity index (χ0v) is 21.0. The van der Waals surface area contributed by atoms with E-state index < -0.39 is 11.8 Å². The van der Waals surface area contributed by atoms with Crippen LogP contribution in [0.25, 0.3) is 6.08 Å². The molecular weight excluding hydrogens is 478 g/mol. The number of nitrogens with zero attached hydrogens (tertiary/aromatic N) is 2. The molecule has 0 atom stereocenters. The third-order valence-electron chi connectivity index (χ3n) is 6.24. The van der Waals surface area contributed by atoms with Crippen LogP contribution >= 0.6 is 12.2 Å². The number of amides is 4. The van der Waals surface area contributed by atoms with Crippen LogP contribution in [-0.2, 0) is 16.1 Å². The predicted octanol–water partition coefficient (Wildman–Crippen LogP) is 3.70. The maximum absolute atomic E-state index is 13.1.